The third-order valence-corrected chi connectivity index (χ3v) is 4.70. The van der Waals surface area contributed by atoms with Crippen LogP contribution in [0.1, 0.15) is 5.69 Å². The van der Waals surface area contributed by atoms with E-state index in [9.17, 15) is 14.0 Å². The molecule has 0 radical (unpaired) electrons. The number of hydrogen-bond acceptors (Lipinski definition) is 8. The van der Waals surface area contributed by atoms with E-state index in [-0.39, 0.29) is 18.4 Å². The number of aryl methyl sites for hydroxylation is 1. The molecule has 2 N–H and O–H groups in total. The molecule has 0 atom stereocenters. The largest absolute Gasteiger partial charge is 0.442 e. The summed E-state index contributed by atoms with van der Waals surface area (Å²) < 4.78 is 20.2. The van der Waals surface area contributed by atoms with Gasteiger partial charge in [0, 0.05) is 31.2 Å². The zero-order valence-electron chi connectivity index (χ0n) is 19.1. The summed E-state index contributed by atoms with van der Waals surface area (Å²) in [7, 11) is 1.77. The van der Waals surface area contributed by atoms with Crippen molar-refractivity contribution in [1.82, 2.24) is 24.7 Å². The average Bonchev–Trinajstić information content (AvgIpc) is 3.28. The van der Waals surface area contributed by atoms with Gasteiger partial charge in [0.25, 0.3) is 0 Å². The molecule has 11 nitrogen and oxygen atoms in total. The van der Waals surface area contributed by atoms with E-state index < -0.39 is 17.8 Å². The number of nitrogens with zero attached hydrogens (tertiary/aromatic N) is 6. The molecule has 3 heterocycles. The molecule has 0 unspecified atom stereocenters. The van der Waals surface area contributed by atoms with Crippen LogP contribution in [0.3, 0.4) is 0 Å². The third-order valence-electron chi connectivity index (χ3n) is 4.70. The van der Waals surface area contributed by atoms with E-state index >= 15 is 0 Å². The second-order valence-electron chi connectivity index (χ2n) is 7.37. The van der Waals surface area contributed by atoms with Crippen LogP contribution in [0.25, 0.3) is 0 Å². The smallest absolute Gasteiger partial charge is 0.420 e. The quantitative estimate of drug-likeness (QED) is 0.355. The highest BCUT2D eigenvalue weighted by Crippen LogP contribution is 2.28. The lowest BCUT2D eigenvalue weighted by atomic mass is 10.2. The molecule has 36 heavy (non-hydrogen) atoms. The molecular weight excluding hydrogens is 467 g/mol. The summed E-state index contributed by atoms with van der Waals surface area (Å²) in [6.07, 6.45) is 6.21. The number of anilines is 5. The molecule has 0 aliphatic heterocycles. The summed E-state index contributed by atoms with van der Waals surface area (Å²) in [6, 6.07) is 10.7. The minimum atomic E-state index is -0.778. The van der Waals surface area contributed by atoms with Gasteiger partial charge in [-0.1, -0.05) is 12.6 Å². The van der Waals surface area contributed by atoms with Gasteiger partial charge in [-0.2, -0.15) is 10.1 Å². The molecule has 0 spiro atoms. The van der Waals surface area contributed by atoms with E-state index in [1.54, 1.807) is 48.4 Å². The van der Waals surface area contributed by atoms with Crippen LogP contribution in [-0.4, -0.2) is 36.7 Å². The van der Waals surface area contributed by atoms with Crippen molar-refractivity contribution < 1.29 is 18.7 Å². The molecule has 182 valence electrons. The highest BCUT2D eigenvalue weighted by atomic mass is 19.1. The first-order chi connectivity index (χ1) is 17.4. The van der Waals surface area contributed by atoms with Crippen molar-refractivity contribution in [3.8, 4) is 0 Å². The van der Waals surface area contributed by atoms with Gasteiger partial charge in [-0.25, -0.2) is 19.1 Å². The van der Waals surface area contributed by atoms with Gasteiger partial charge in [0.2, 0.25) is 11.9 Å². The number of rotatable bonds is 8. The zero-order valence-corrected chi connectivity index (χ0v) is 19.1. The fourth-order valence-corrected chi connectivity index (χ4v) is 3.09. The number of carbonyl (C=O) groups excluding carboxylic acids is 2. The normalized spacial score (nSPS) is 10.4. The summed E-state index contributed by atoms with van der Waals surface area (Å²) in [6.45, 7) is 3.24. The molecule has 0 saturated carbocycles. The summed E-state index contributed by atoms with van der Waals surface area (Å²) in [5.74, 6) is -0.497. The van der Waals surface area contributed by atoms with Gasteiger partial charge in [0.15, 0.2) is 0 Å². The molecule has 0 fully saturated rings. The SMILES string of the molecule is C=CC(=O)Nc1cccc(N(C(=O)OCc2ccc(F)cn2)c2ccnc(Nc3cnn(C)c3)n2)c1. The van der Waals surface area contributed by atoms with Crippen molar-refractivity contribution in [3.05, 3.63) is 91.4 Å². The summed E-state index contributed by atoms with van der Waals surface area (Å²) >= 11 is 0. The Balaban J connectivity index is 1.65. The Labute approximate surface area is 205 Å². The fraction of sp³-hybridized carbons (Fsp3) is 0.0833. The zero-order chi connectivity index (χ0) is 25.5. The van der Waals surface area contributed by atoms with Crippen molar-refractivity contribution in [2.75, 3.05) is 15.5 Å². The van der Waals surface area contributed by atoms with Crippen LogP contribution < -0.4 is 15.5 Å². The molecule has 0 saturated heterocycles. The number of benzene rings is 1. The number of halogens is 1. The molecule has 1 aromatic carbocycles. The molecule has 12 heteroatoms. The number of amides is 2. The topological polar surface area (TPSA) is 127 Å². The minimum absolute atomic E-state index is 0.195. The molecular formula is C24H21FN8O3. The Morgan fingerprint density at radius 1 is 1.17 bits per heavy atom. The first kappa shape index (κ1) is 24.0. The third kappa shape index (κ3) is 6.05. The molecule has 4 rings (SSSR count). The van der Waals surface area contributed by atoms with Crippen LogP contribution in [0.4, 0.5) is 38.0 Å². The number of pyridine rings is 1. The van der Waals surface area contributed by atoms with Gasteiger partial charge in [-0.05, 0) is 36.4 Å². The average molecular weight is 488 g/mol. The van der Waals surface area contributed by atoms with Crippen LogP contribution >= 0.6 is 0 Å². The Morgan fingerprint density at radius 2 is 2.03 bits per heavy atom. The first-order valence-electron chi connectivity index (χ1n) is 10.6. The van der Waals surface area contributed by atoms with E-state index in [4.69, 9.17) is 4.74 Å². The molecule has 0 aliphatic carbocycles. The first-order valence-corrected chi connectivity index (χ1v) is 10.6. The molecule has 0 bridgehead atoms. The van der Waals surface area contributed by atoms with Crippen LogP contribution in [0.5, 0.6) is 0 Å². The van der Waals surface area contributed by atoms with E-state index in [1.165, 1.54) is 29.3 Å². The lowest BCUT2D eigenvalue weighted by Crippen LogP contribution is -2.28. The molecule has 0 aliphatic rings. The van der Waals surface area contributed by atoms with E-state index in [2.05, 4.69) is 37.3 Å². The van der Waals surface area contributed by atoms with Gasteiger partial charge in [-0.3, -0.25) is 14.5 Å². The Bertz CT molecular complexity index is 1390. The van der Waals surface area contributed by atoms with Crippen molar-refractivity contribution in [2.24, 2.45) is 7.05 Å². The Hall–Kier alpha value is -5.13. The van der Waals surface area contributed by atoms with Crippen LogP contribution in [0, 0.1) is 5.82 Å². The highest BCUT2D eigenvalue weighted by Gasteiger charge is 2.23. The molecule has 3 aromatic heterocycles. The Morgan fingerprint density at radius 3 is 2.75 bits per heavy atom. The predicted molar refractivity (Wildman–Crippen MR) is 130 cm³/mol. The van der Waals surface area contributed by atoms with Crippen molar-refractivity contribution in [3.63, 3.8) is 0 Å². The minimum Gasteiger partial charge on any atom is -0.442 e. The lowest BCUT2D eigenvalue weighted by molar-refractivity contribution is -0.111. The van der Waals surface area contributed by atoms with Gasteiger partial charge in [0.05, 0.1) is 29.5 Å². The number of ether oxygens (including phenoxy) is 1. The van der Waals surface area contributed by atoms with Crippen LogP contribution in [-0.2, 0) is 23.2 Å². The second-order valence-corrected chi connectivity index (χ2v) is 7.37. The summed E-state index contributed by atoms with van der Waals surface area (Å²) in [5, 5.41) is 9.76. The maximum Gasteiger partial charge on any atom is 0.420 e. The predicted octanol–water partition coefficient (Wildman–Crippen LogP) is 4.09. The molecule has 2 amide bonds. The lowest BCUT2D eigenvalue weighted by Gasteiger charge is -2.22. The summed E-state index contributed by atoms with van der Waals surface area (Å²) in [5.41, 5.74) is 1.80. The maximum absolute atomic E-state index is 13.3. The van der Waals surface area contributed by atoms with Gasteiger partial charge in [-0.15, -0.1) is 0 Å². The van der Waals surface area contributed by atoms with Crippen molar-refractivity contribution >= 4 is 40.8 Å². The van der Waals surface area contributed by atoms with Gasteiger partial charge in [0.1, 0.15) is 18.2 Å². The van der Waals surface area contributed by atoms with Crippen LogP contribution in [0.15, 0.2) is 79.9 Å². The monoisotopic (exact) mass is 488 g/mol. The van der Waals surface area contributed by atoms with Crippen LogP contribution in [0.2, 0.25) is 0 Å². The number of carbonyl (C=O) groups is 2. The van der Waals surface area contributed by atoms with E-state index in [0.717, 1.165) is 12.3 Å². The molecule has 4 aromatic rings. The van der Waals surface area contributed by atoms with Crippen molar-refractivity contribution in [2.45, 2.75) is 6.61 Å². The van der Waals surface area contributed by atoms with Crippen molar-refractivity contribution in [1.29, 1.82) is 0 Å². The second kappa shape index (κ2) is 10.9. The van der Waals surface area contributed by atoms with Gasteiger partial charge < -0.3 is 15.4 Å². The maximum atomic E-state index is 13.3. The number of hydrogen-bond donors (Lipinski definition) is 2. The van der Waals surface area contributed by atoms with Gasteiger partial charge >= 0.3 is 6.09 Å². The Kier molecular flexibility index (Phi) is 7.25. The standard InChI is InChI=1S/C24H21FN8O3/c1-3-22(34)29-17-5-4-6-20(11-17)33(24(35)36-15-18-8-7-16(25)12-27-18)21-9-10-26-23(31-21)30-19-13-28-32(2)14-19/h3-14H,1,15H2,2H3,(H,29,34)(H,26,30,31). The van der Waals surface area contributed by atoms with E-state index in [1.807, 2.05) is 0 Å². The van der Waals surface area contributed by atoms with E-state index in [0.29, 0.717) is 22.8 Å². The number of nitrogens with one attached hydrogen (secondary N) is 2. The highest BCUT2D eigenvalue weighted by molar-refractivity contribution is 6.00. The fourth-order valence-electron chi connectivity index (χ4n) is 3.09. The number of aromatic nitrogens is 5. The summed E-state index contributed by atoms with van der Waals surface area (Å²) in [4.78, 5) is 38.8.